The first-order valence-electron chi connectivity index (χ1n) is 6.24. The van der Waals surface area contributed by atoms with Gasteiger partial charge in [-0.05, 0) is 29.8 Å². The fraction of sp³-hybridized carbons (Fsp3) is 0.462. The molecule has 0 spiro atoms. The van der Waals surface area contributed by atoms with Gasteiger partial charge in [-0.25, -0.2) is 0 Å². The van der Waals surface area contributed by atoms with Crippen LogP contribution < -0.4 is 4.74 Å². The Kier molecular flexibility index (Phi) is 4.46. The second kappa shape index (κ2) is 6.29. The average Bonchev–Trinajstić information content (AvgIpc) is 2.75. The summed E-state index contributed by atoms with van der Waals surface area (Å²) in [6.07, 6.45) is 0.408. The predicted octanol–water partition coefficient (Wildman–Crippen LogP) is 0.891. The first-order chi connectivity index (χ1) is 9.13. The molecule has 0 saturated heterocycles. The number of hydrogen-bond donors (Lipinski definition) is 1. The molecule has 0 radical (unpaired) electrons. The SMILES string of the molecule is Cc1cccc(OCCC(O)Cc2nnn(C)n2)c1. The molecule has 1 heterocycles. The van der Waals surface area contributed by atoms with E-state index in [2.05, 4.69) is 15.4 Å². The summed E-state index contributed by atoms with van der Waals surface area (Å²) in [7, 11) is 1.70. The van der Waals surface area contributed by atoms with Gasteiger partial charge in [0.1, 0.15) is 5.75 Å². The Hall–Kier alpha value is -1.95. The van der Waals surface area contributed by atoms with Crippen LogP contribution in [0.15, 0.2) is 24.3 Å². The number of tetrazole rings is 1. The maximum Gasteiger partial charge on any atom is 0.177 e. The topological polar surface area (TPSA) is 73.1 Å². The third kappa shape index (κ3) is 4.33. The van der Waals surface area contributed by atoms with Gasteiger partial charge in [0.15, 0.2) is 5.82 Å². The van der Waals surface area contributed by atoms with Crippen molar-refractivity contribution < 1.29 is 9.84 Å². The lowest BCUT2D eigenvalue weighted by molar-refractivity contribution is 0.137. The number of aryl methyl sites for hydroxylation is 2. The standard InChI is InChI=1S/C13H18N4O2/c1-10-4-3-5-12(8-10)19-7-6-11(18)9-13-14-16-17(2)15-13/h3-5,8,11,18H,6-7,9H2,1-2H3. The lowest BCUT2D eigenvalue weighted by Crippen LogP contribution is -2.15. The summed E-state index contributed by atoms with van der Waals surface area (Å²) in [5, 5.41) is 21.4. The molecule has 102 valence electrons. The van der Waals surface area contributed by atoms with Gasteiger partial charge >= 0.3 is 0 Å². The van der Waals surface area contributed by atoms with Gasteiger partial charge in [-0.1, -0.05) is 12.1 Å². The van der Waals surface area contributed by atoms with Crippen LogP contribution in [0.3, 0.4) is 0 Å². The first kappa shape index (κ1) is 13.5. The largest absolute Gasteiger partial charge is 0.493 e. The van der Waals surface area contributed by atoms with E-state index in [1.807, 2.05) is 31.2 Å². The van der Waals surface area contributed by atoms with E-state index in [0.29, 0.717) is 25.3 Å². The van der Waals surface area contributed by atoms with E-state index in [0.717, 1.165) is 11.3 Å². The molecule has 0 saturated carbocycles. The van der Waals surface area contributed by atoms with E-state index in [1.165, 1.54) is 4.80 Å². The van der Waals surface area contributed by atoms with Crippen molar-refractivity contribution in [3.8, 4) is 5.75 Å². The molecule has 0 bridgehead atoms. The zero-order valence-electron chi connectivity index (χ0n) is 11.2. The molecule has 2 aromatic rings. The van der Waals surface area contributed by atoms with Crippen LogP contribution in [-0.2, 0) is 13.5 Å². The van der Waals surface area contributed by atoms with E-state index in [-0.39, 0.29) is 0 Å². The number of aromatic nitrogens is 4. The Labute approximate surface area is 112 Å². The normalized spacial score (nSPS) is 12.4. The summed E-state index contributed by atoms with van der Waals surface area (Å²) in [6.45, 7) is 2.48. The van der Waals surface area contributed by atoms with Crippen molar-refractivity contribution in [2.45, 2.75) is 25.9 Å². The van der Waals surface area contributed by atoms with E-state index in [9.17, 15) is 5.11 Å². The van der Waals surface area contributed by atoms with Gasteiger partial charge in [-0.15, -0.1) is 10.2 Å². The number of aliphatic hydroxyl groups excluding tert-OH is 1. The number of rotatable bonds is 6. The van der Waals surface area contributed by atoms with Gasteiger partial charge in [0.05, 0.1) is 19.8 Å². The molecule has 6 nitrogen and oxygen atoms in total. The number of benzene rings is 1. The Morgan fingerprint density at radius 3 is 2.95 bits per heavy atom. The molecule has 1 unspecified atom stereocenters. The van der Waals surface area contributed by atoms with Crippen LogP contribution in [0.25, 0.3) is 0 Å². The highest BCUT2D eigenvalue weighted by Crippen LogP contribution is 2.13. The minimum Gasteiger partial charge on any atom is -0.493 e. The number of hydrogen-bond acceptors (Lipinski definition) is 5. The van der Waals surface area contributed by atoms with Crippen molar-refractivity contribution in [3.63, 3.8) is 0 Å². The molecule has 0 aliphatic rings. The van der Waals surface area contributed by atoms with Gasteiger partial charge < -0.3 is 9.84 Å². The summed E-state index contributed by atoms with van der Waals surface area (Å²) < 4.78 is 5.58. The lowest BCUT2D eigenvalue weighted by atomic mass is 10.2. The molecule has 1 N–H and O–H groups in total. The van der Waals surface area contributed by atoms with E-state index >= 15 is 0 Å². The number of nitrogens with zero attached hydrogens (tertiary/aromatic N) is 4. The second-order valence-electron chi connectivity index (χ2n) is 4.51. The maximum absolute atomic E-state index is 9.85. The third-order valence-corrected chi connectivity index (χ3v) is 2.68. The highest BCUT2D eigenvalue weighted by molar-refractivity contribution is 5.27. The Morgan fingerprint density at radius 2 is 2.26 bits per heavy atom. The molecule has 1 aromatic heterocycles. The van der Waals surface area contributed by atoms with Gasteiger partial charge in [0.25, 0.3) is 0 Å². The smallest absolute Gasteiger partial charge is 0.177 e. The van der Waals surface area contributed by atoms with Crippen LogP contribution in [0, 0.1) is 6.92 Å². The average molecular weight is 262 g/mol. The summed E-state index contributed by atoms with van der Waals surface area (Å²) in [5.74, 6) is 1.37. The van der Waals surface area contributed by atoms with E-state index in [1.54, 1.807) is 7.05 Å². The molecule has 19 heavy (non-hydrogen) atoms. The minimum atomic E-state index is -0.519. The molecule has 1 atom stereocenters. The minimum absolute atomic E-state index is 0.394. The quantitative estimate of drug-likeness (QED) is 0.837. The first-order valence-corrected chi connectivity index (χ1v) is 6.24. The van der Waals surface area contributed by atoms with E-state index < -0.39 is 6.10 Å². The second-order valence-corrected chi connectivity index (χ2v) is 4.51. The molecule has 1 aromatic carbocycles. The Balaban J connectivity index is 1.73. The molecule has 2 rings (SSSR count). The third-order valence-electron chi connectivity index (χ3n) is 2.68. The van der Waals surface area contributed by atoms with E-state index in [4.69, 9.17) is 4.74 Å². The van der Waals surface area contributed by atoms with Gasteiger partial charge in [0, 0.05) is 12.8 Å². The molecule has 0 fully saturated rings. The van der Waals surface area contributed by atoms with Crippen molar-refractivity contribution in [1.82, 2.24) is 20.2 Å². The summed E-state index contributed by atoms with van der Waals surface area (Å²) in [6, 6.07) is 7.84. The molecule has 0 aliphatic heterocycles. The Bertz CT molecular complexity index is 527. The summed E-state index contributed by atoms with van der Waals surface area (Å²) in [5.41, 5.74) is 1.15. The zero-order valence-corrected chi connectivity index (χ0v) is 11.2. The molecular weight excluding hydrogens is 244 g/mol. The fourth-order valence-corrected chi connectivity index (χ4v) is 1.74. The zero-order chi connectivity index (χ0) is 13.7. The Morgan fingerprint density at radius 1 is 1.42 bits per heavy atom. The van der Waals surface area contributed by atoms with Crippen LogP contribution in [0.1, 0.15) is 17.8 Å². The van der Waals surface area contributed by atoms with Crippen molar-refractivity contribution in [2.75, 3.05) is 6.61 Å². The highest BCUT2D eigenvalue weighted by atomic mass is 16.5. The van der Waals surface area contributed by atoms with Crippen molar-refractivity contribution in [2.24, 2.45) is 7.05 Å². The van der Waals surface area contributed by atoms with Gasteiger partial charge in [-0.2, -0.15) is 4.80 Å². The van der Waals surface area contributed by atoms with Crippen molar-refractivity contribution >= 4 is 0 Å². The van der Waals surface area contributed by atoms with Crippen molar-refractivity contribution in [3.05, 3.63) is 35.7 Å². The van der Waals surface area contributed by atoms with Crippen LogP contribution in [0.2, 0.25) is 0 Å². The molecule has 6 heteroatoms. The monoisotopic (exact) mass is 262 g/mol. The highest BCUT2D eigenvalue weighted by Gasteiger charge is 2.10. The fourth-order valence-electron chi connectivity index (χ4n) is 1.74. The number of aliphatic hydroxyl groups is 1. The maximum atomic E-state index is 9.85. The summed E-state index contributed by atoms with van der Waals surface area (Å²) in [4.78, 5) is 1.38. The molecular formula is C13H18N4O2. The van der Waals surface area contributed by atoms with Crippen molar-refractivity contribution in [1.29, 1.82) is 0 Å². The van der Waals surface area contributed by atoms with Crippen LogP contribution >= 0.6 is 0 Å². The predicted molar refractivity (Wildman–Crippen MR) is 69.8 cm³/mol. The molecule has 0 aliphatic carbocycles. The van der Waals surface area contributed by atoms with Crippen LogP contribution in [0.5, 0.6) is 5.75 Å². The molecule has 0 amide bonds. The van der Waals surface area contributed by atoms with Crippen LogP contribution in [-0.4, -0.2) is 38.0 Å². The van der Waals surface area contributed by atoms with Crippen LogP contribution in [0.4, 0.5) is 0 Å². The van der Waals surface area contributed by atoms with Gasteiger partial charge in [-0.3, -0.25) is 0 Å². The van der Waals surface area contributed by atoms with Gasteiger partial charge in [0.2, 0.25) is 0 Å². The number of ether oxygens (including phenoxy) is 1. The summed E-state index contributed by atoms with van der Waals surface area (Å²) >= 11 is 0. The lowest BCUT2D eigenvalue weighted by Gasteiger charge is -2.10.